The van der Waals surface area contributed by atoms with Crippen molar-refractivity contribution in [1.82, 2.24) is 0 Å². The molecular weight excluding hydrogens is 124 g/mol. The van der Waals surface area contributed by atoms with Crippen LogP contribution in [0.2, 0.25) is 0 Å². The van der Waals surface area contributed by atoms with Gasteiger partial charge in [-0.05, 0) is 0 Å². The largest absolute Gasteiger partial charge is 0.476 e. The second-order valence-electron chi connectivity index (χ2n) is 1.03. The van der Waals surface area contributed by atoms with E-state index in [1.165, 1.54) is 0 Å². The highest BCUT2D eigenvalue weighted by molar-refractivity contribution is 6.19. The van der Waals surface area contributed by atoms with Crippen molar-refractivity contribution < 1.29 is 19.5 Å². The van der Waals surface area contributed by atoms with Crippen molar-refractivity contribution in [3.63, 3.8) is 0 Å². The first-order valence-electron chi connectivity index (χ1n) is 2.30. The molecule has 0 unspecified atom stereocenters. The summed E-state index contributed by atoms with van der Waals surface area (Å²) in [5.41, 5.74) is 0. The minimum absolute atomic E-state index is 0.167. The number of aldehydes is 2. The third kappa shape index (κ3) is 48.1. The van der Waals surface area contributed by atoms with Crippen LogP contribution >= 0.6 is 0 Å². The number of carbonyl (C=O) groups is 3. The zero-order chi connectivity index (χ0) is 7.70. The van der Waals surface area contributed by atoms with Gasteiger partial charge in [0, 0.05) is 6.42 Å². The summed E-state index contributed by atoms with van der Waals surface area (Å²) >= 11 is 0. The van der Waals surface area contributed by atoms with Crippen LogP contribution in [0.3, 0.4) is 0 Å². The maximum atomic E-state index is 9.17. The van der Waals surface area contributed by atoms with Crippen molar-refractivity contribution >= 4 is 18.5 Å². The van der Waals surface area contributed by atoms with Gasteiger partial charge in [0.15, 0.2) is 0 Å². The summed E-state index contributed by atoms with van der Waals surface area (Å²) in [5, 5.41) is 7.35. The quantitative estimate of drug-likeness (QED) is 0.419. The number of carbonyl (C=O) groups excluding carboxylic acids is 2. The maximum absolute atomic E-state index is 9.17. The first kappa shape index (κ1) is 10.7. The Morgan fingerprint density at radius 1 is 1.56 bits per heavy atom. The molecule has 1 N–H and O–H groups in total. The summed E-state index contributed by atoms with van der Waals surface area (Å²) in [5.74, 6) is -1.43. The molecule has 4 heteroatoms. The summed E-state index contributed by atoms with van der Waals surface area (Å²) < 4.78 is 0. The van der Waals surface area contributed by atoms with Crippen molar-refractivity contribution in [1.29, 1.82) is 0 Å². The van der Waals surface area contributed by atoms with Crippen LogP contribution in [0.1, 0.15) is 13.3 Å². The van der Waals surface area contributed by atoms with Crippen LogP contribution in [0.4, 0.5) is 0 Å². The number of aliphatic carboxylic acids is 1. The lowest BCUT2D eigenvalue weighted by Crippen LogP contribution is -1.91. The number of hydrogen-bond acceptors (Lipinski definition) is 3. The van der Waals surface area contributed by atoms with Gasteiger partial charge in [-0.15, -0.1) is 0 Å². The molecular formula is C5H8O4. The fraction of sp³-hybridized carbons (Fsp3) is 0.400. The Balaban J connectivity index is 0. The fourth-order valence-corrected chi connectivity index (χ4v) is 0. The molecule has 0 aliphatic carbocycles. The Bertz CT molecular complexity index is 97.1. The molecule has 0 aromatic rings. The molecule has 0 aromatic heterocycles. The van der Waals surface area contributed by atoms with Crippen LogP contribution < -0.4 is 0 Å². The molecule has 0 saturated carbocycles. The van der Waals surface area contributed by atoms with Gasteiger partial charge in [-0.25, -0.2) is 4.79 Å². The molecule has 0 aromatic carbocycles. The van der Waals surface area contributed by atoms with Gasteiger partial charge in [0.1, 0.15) is 6.29 Å². The lowest BCUT2D eigenvalue weighted by atomic mass is 10.6. The highest BCUT2D eigenvalue weighted by atomic mass is 16.4. The molecule has 0 rings (SSSR count). The van der Waals surface area contributed by atoms with E-state index in [4.69, 9.17) is 14.7 Å². The highest BCUT2D eigenvalue weighted by Crippen LogP contribution is 1.53. The second-order valence-corrected chi connectivity index (χ2v) is 1.03. The predicted molar refractivity (Wildman–Crippen MR) is 30.1 cm³/mol. The van der Waals surface area contributed by atoms with Gasteiger partial charge in [-0.3, -0.25) is 4.79 Å². The van der Waals surface area contributed by atoms with Crippen LogP contribution in [0, 0.1) is 0 Å². The lowest BCUT2D eigenvalue weighted by molar-refractivity contribution is -0.143. The Hall–Kier alpha value is -1.19. The average Bonchev–Trinajstić information content (AvgIpc) is 1.89. The summed E-state index contributed by atoms with van der Waals surface area (Å²) in [6.45, 7) is 1.81. The Labute approximate surface area is 52.5 Å². The summed E-state index contributed by atoms with van der Waals surface area (Å²) in [7, 11) is 0. The number of carboxylic acids is 1. The maximum Gasteiger partial charge on any atom is 0.368 e. The summed E-state index contributed by atoms with van der Waals surface area (Å²) in [6, 6.07) is 0. The Morgan fingerprint density at radius 3 is 1.78 bits per heavy atom. The van der Waals surface area contributed by atoms with E-state index in [0.717, 1.165) is 6.29 Å². The second kappa shape index (κ2) is 9.94. The topological polar surface area (TPSA) is 71.4 Å². The normalized spacial score (nSPS) is 6.33. The van der Waals surface area contributed by atoms with E-state index >= 15 is 0 Å². The standard InChI is InChI=1S/C3H6O.C2H2O3/c1-2-3-4;3-1-2(4)5/h3H,2H2,1H3;1H,(H,4,5). The highest BCUT2D eigenvalue weighted by Gasteiger charge is 1.80. The van der Waals surface area contributed by atoms with Crippen LogP contribution in [0.15, 0.2) is 0 Å². The van der Waals surface area contributed by atoms with E-state index in [-0.39, 0.29) is 6.29 Å². The molecule has 0 bridgehead atoms. The minimum Gasteiger partial charge on any atom is -0.476 e. The van der Waals surface area contributed by atoms with E-state index in [9.17, 15) is 4.79 Å². The van der Waals surface area contributed by atoms with Crippen LogP contribution in [0.25, 0.3) is 0 Å². The van der Waals surface area contributed by atoms with Gasteiger partial charge in [0.2, 0.25) is 6.29 Å². The molecule has 0 amide bonds. The molecule has 0 atom stereocenters. The molecule has 0 saturated heterocycles. The molecule has 52 valence electrons. The van der Waals surface area contributed by atoms with Crippen molar-refractivity contribution in [3.05, 3.63) is 0 Å². The van der Waals surface area contributed by atoms with Crippen molar-refractivity contribution in [3.8, 4) is 0 Å². The Kier molecular flexibility index (Phi) is 11.8. The van der Waals surface area contributed by atoms with E-state index in [2.05, 4.69) is 0 Å². The van der Waals surface area contributed by atoms with Crippen LogP contribution in [-0.4, -0.2) is 23.6 Å². The lowest BCUT2D eigenvalue weighted by Gasteiger charge is -1.59. The van der Waals surface area contributed by atoms with E-state index in [1.54, 1.807) is 0 Å². The molecule has 0 aliphatic heterocycles. The molecule has 9 heavy (non-hydrogen) atoms. The van der Waals surface area contributed by atoms with Gasteiger partial charge >= 0.3 is 5.97 Å². The van der Waals surface area contributed by atoms with Crippen molar-refractivity contribution in [2.75, 3.05) is 0 Å². The van der Waals surface area contributed by atoms with Gasteiger partial charge in [0.05, 0.1) is 0 Å². The number of rotatable bonds is 2. The first-order valence-corrected chi connectivity index (χ1v) is 2.30. The van der Waals surface area contributed by atoms with Gasteiger partial charge in [0.25, 0.3) is 0 Å². The van der Waals surface area contributed by atoms with Gasteiger partial charge in [-0.1, -0.05) is 6.92 Å². The first-order chi connectivity index (χ1) is 4.18. The average molecular weight is 132 g/mol. The van der Waals surface area contributed by atoms with Crippen molar-refractivity contribution in [2.24, 2.45) is 0 Å². The minimum atomic E-state index is -1.43. The van der Waals surface area contributed by atoms with E-state index in [1.807, 2.05) is 6.92 Å². The van der Waals surface area contributed by atoms with E-state index < -0.39 is 5.97 Å². The molecule has 0 heterocycles. The van der Waals surface area contributed by atoms with E-state index in [0.29, 0.717) is 6.42 Å². The SMILES string of the molecule is CCC=O.O=CC(=O)O. The van der Waals surface area contributed by atoms with Crippen LogP contribution in [0.5, 0.6) is 0 Å². The number of hydrogen-bond donors (Lipinski definition) is 1. The van der Waals surface area contributed by atoms with Gasteiger partial charge < -0.3 is 9.90 Å². The number of carboxylic acid groups (broad SMARTS) is 1. The predicted octanol–water partition coefficient (Wildman–Crippen LogP) is -0.135. The van der Waals surface area contributed by atoms with Gasteiger partial charge in [-0.2, -0.15) is 0 Å². The van der Waals surface area contributed by atoms with Crippen molar-refractivity contribution in [2.45, 2.75) is 13.3 Å². The molecule has 0 radical (unpaired) electrons. The monoisotopic (exact) mass is 132 g/mol. The smallest absolute Gasteiger partial charge is 0.368 e. The summed E-state index contributed by atoms with van der Waals surface area (Å²) in [6.07, 6.45) is 1.35. The summed E-state index contributed by atoms with van der Waals surface area (Å²) in [4.78, 5) is 27.1. The molecule has 0 spiro atoms. The molecule has 0 fully saturated rings. The third-order valence-electron chi connectivity index (χ3n) is 0.267. The molecule has 0 aliphatic rings. The fourth-order valence-electron chi connectivity index (χ4n) is 0. The van der Waals surface area contributed by atoms with Crippen LogP contribution in [-0.2, 0) is 14.4 Å². The zero-order valence-corrected chi connectivity index (χ0v) is 5.03. The third-order valence-corrected chi connectivity index (χ3v) is 0.267. The Morgan fingerprint density at radius 2 is 1.78 bits per heavy atom. The zero-order valence-electron chi connectivity index (χ0n) is 5.03. The molecule has 4 nitrogen and oxygen atoms in total.